The third-order valence-electron chi connectivity index (χ3n) is 3.17. The fourth-order valence-electron chi connectivity index (χ4n) is 2.05. The molecule has 110 valence electrons. The highest BCUT2D eigenvalue weighted by Gasteiger charge is 2.16. The molecule has 0 aliphatic heterocycles. The summed E-state index contributed by atoms with van der Waals surface area (Å²) in [4.78, 5) is 15.9. The Morgan fingerprint density at radius 3 is 2.77 bits per heavy atom. The van der Waals surface area contributed by atoms with Crippen LogP contribution in [0.1, 0.15) is 16.1 Å². The molecule has 0 saturated carbocycles. The second-order valence-electron chi connectivity index (χ2n) is 4.69. The van der Waals surface area contributed by atoms with Crippen LogP contribution in [0.15, 0.2) is 54.9 Å². The van der Waals surface area contributed by atoms with Crippen molar-refractivity contribution in [2.24, 2.45) is 0 Å². The Balaban J connectivity index is 1.80. The van der Waals surface area contributed by atoms with Crippen LogP contribution in [0.25, 0.3) is 10.8 Å². The molecule has 3 rings (SSSR count). The van der Waals surface area contributed by atoms with Crippen molar-refractivity contribution in [2.45, 2.75) is 6.61 Å². The first-order valence-electron chi connectivity index (χ1n) is 6.55. The summed E-state index contributed by atoms with van der Waals surface area (Å²) in [7, 11) is 0. The molecule has 22 heavy (non-hydrogen) atoms. The molecule has 0 aliphatic rings. The predicted octanol–water partition coefficient (Wildman–Crippen LogP) is 2.77. The molecule has 6 heteroatoms. The van der Waals surface area contributed by atoms with E-state index in [9.17, 15) is 10.0 Å². The molecule has 0 bridgehead atoms. The molecule has 2 aromatic heterocycles. The van der Waals surface area contributed by atoms with Crippen LogP contribution in [0.4, 0.5) is 0 Å². The first kappa shape index (κ1) is 14.3. The summed E-state index contributed by atoms with van der Waals surface area (Å²) >= 11 is 5.81. The molecule has 1 aromatic carbocycles. The van der Waals surface area contributed by atoms with Gasteiger partial charge in [-0.15, -0.1) is 0 Å². The standard InChI is InChI=1S/C16H12ClN2O3/c17-15-7-13-9-19(21)14(6-12(13)8-18-15)10-22-16(20)11-4-2-1-3-5-11/h1-9,21H,10H2/q+1. The minimum atomic E-state index is -0.449. The van der Waals surface area contributed by atoms with Gasteiger partial charge in [0.25, 0.3) is 5.69 Å². The number of fused-ring (bicyclic) bond motifs is 1. The molecule has 0 unspecified atom stereocenters. The van der Waals surface area contributed by atoms with Crippen molar-refractivity contribution >= 4 is 28.3 Å². The lowest BCUT2D eigenvalue weighted by atomic mass is 10.2. The molecule has 0 saturated heterocycles. The number of nitrogens with zero attached hydrogens (tertiary/aromatic N) is 2. The molecule has 0 fully saturated rings. The maximum absolute atomic E-state index is 11.9. The Morgan fingerprint density at radius 1 is 1.23 bits per heavy atom. The van der Waals surface area contributed by atoms with Gasteiger partial charge in [-0.2, -0.15) is 0 Å². The van der Waals surface area contributed by atoms with Gasteiger partial charge in [-0.25, -0.2) is 9.78 Å². The van der Waals surface area contributed by atoms with Gasteiger partial charge in [0.05, 0.1) is 10.9 Å². The van der Waals surface area contributed by atoms with E-state index in [1.54, 1.807) is 42.6 Å². The highest BCUT2D eigenvalue weighted by Crippen LogP contribution is 2.16. The molecule has 0 radical (unpaired) electrons. The Morgan fingerprint density at radius 2 is 2.00 bits per heavy atom. The van der Waals surface area contributed by atoms with Crippen LogP contribution in [0.3, 0.4) is 0 Å². The zero-order valence-electron chi connectivity index (χ0n) is 11.4. The molecular formula is C16H12ClN2O3+. The van der Waals surface area contributed by atoms with Gasteiger partial charge in [0, 0.05) is 22.4 Å². The average molecular weight is 316 g/mol. The summed E-state index contributed by atoms with van der Waals surface area (Å²) in [5, 5.41) is 11.8. The van der Waals surface area contributed by atoms with E-state index in [2.05, 4.69) is 4.98 Å². The lowest BCUT2D eigenvalue weighted by Crippen LogP contribution is -2.35. The normalized spacial score (nSPS) is 10.6. The first-order valence-corrected chi connectivity index (χ1v) is 6.92. The summed E-state index contributed by atoms with van der Waals surface area (Å²) in [5.74, 6) is -0.449. The van der Waals surface area contributed by atoms with E-state index >= 15 is 0 Å². The zero-order valence-corrected chi connectivity index (χ0v) is 12.2. The van der Waals surface area contributed by atoms with Crippen molar-refractivity contribution in [3.63, 3.8) is 0 Å². The molecule has 1 N–H and O–H groups in total. The number of ether oxygens (including phenoxy) is 1. The van der Waals surface area contributed by atoms with Crippen molar-refractivity contribution in [3.05, 3.63) is 71.3 Å². The number of hydrogen-bond acceptors (Lipinski definition) is 4. The molecule has 3 aromatic rings. The van der Waals surface area contributed by atoms with Crippen LogP contribution in [0.2, 0.25) is 5.15 Å². The van der Waals surface area contributed by atoms with E-state index in [4.69, 9.17) is 16.3 Å². The van der Waals surface area contributed by atoms with Gasteiger partial charge in [0.2, 0.25) is 6.20 Å². The van der Waals surface area contributed by atoms with E-state index in [0.717, 1.165) is 15.5 Å². The van der Waals surface area contributed by atoms with Crippen LogP contribution < -0.4 is 4.73 Å². The number of rotatable bonds is 3. The van der Waals surface area contributed by atoms with Crippen LogP contribution in [-0.4, -0.2) is 16.2 Å². The smallest absolute Gasteiger partial charge is 0.338 e. The Bertz CT molecular complexity index is 837. The van der Waals surface area contributed by atoms with Gasteiger partial charge < -0.3 is 4.74 Å². The van der Waals surface area contributed by atoms with E-state index in [1.165, 1.54) is 6.20 Å². The zero-order chi connectivity index (χ0) is 15.5. The van der Waals surface area contributed by atoms with Crippen molar-refractivity contribution < 1.29 is 19.5 Å². The SMILES string of the molecule is O=C(OCc1cc2cnc(Cl)cc2c[n+]1O)c1ccccc1. The molecule has 0 atom stereocenters. The maximum atomic E-state index is 11.9. The monoisotopic (exact) mass is 315 g/mol. The topological polar surface area (TPSA) is 63.3 Å². The summed E-state index contributed by atoms with van der Waals surface area (Å²) in [6.45, 7) is -0.0528. The van der Waals surface area contributed by atoms with Gasteiger partial charge in [-0.3, -0.25) is 5.21 Å². The minimum absolute atomic E-state index is 0.0528. The van der Waals surface area contributed by atoms with E-state index < -0.39 is 5.97 Å². The Hall–Kier alpha value is -2.66. The fourth-order valence-corrected chi connectivity index (χ4v) is 2.22. The number of benzene rings is 1. The number of carbonyl (C=O) groups is 1. The van der Waals surface area contributed by atoms with Crippen LogP contribution in [0.5, 0.6) is 0 Å². The number of esters is 1. The quantitative estimate of drug-likeness (QED) is 0.349. The summed E-state index contributed by atoms with van der Waals surface area (Å²) in [5.41, 5.74) is 0.891. The largest absolute Gasteiger partial charge is 0.451 e. The molecule has 0 aliphatic carbocycles. The number of halogens is 1. The van der Waals surface area contributed by atoms with E-state index in [-0.39, 0.29) is 6.61 Å². The van der Waals surface area contributed by atoms with Crippen molar-refractivity contribution in [1.29, 1.82) is 0 Å². The van der Waals surface area contributed by atoms with Crippen molar-refractivity contribution in [2.75, 3.05) is 0 Å². The third-order valence-corrected chi connectivity index (χ3v) is 3.38. The summed E-state index contributed by atoms with van der Waals surface area (Å²) in [6.07, 6.45) is 3.09. The molecule has 0 amide bonds. The lowest BCUT2D eigenvalue weighted by Gasteiger charge is -2.03. The Labute approximate surface area is 131 Å². The summed E-state index contributed by atoms with van der Waals surface area (Å²) in [6, 6.07) is 12.0. The second kappa shape index (κ2) is 5.99. The van der Waals surface area contributed by atoms with Crippen LogP contribution in [-0.2, 0) is 11.3 Å². The highest BCUT2D eigenvalue weighted by atomic mass is 35.5. The van der Waals surface area contributed by atoms with Gasteiger partial charge in [-0.1, -0.05) is 29.8 Å². The van der Waals surface area contributed by atoms with Crippen LogP contribution >= 0.6 is 11.6 Å². The predicted molar refractivity (Wildman–Crippen MR) is 79.7 cm³/mol. The third kappa shape index (κ3) is 2.99. The van der Waals surface area contributed by atoms with Gasteiger partial charge in [0.15, 0.2) is 6.61 Å². The first-order chi connectivity index (χ1) is 10.6. The Kier molecular flexibility index (Phi) is 3.89. The second-order valence-corrected chi connectivity index (χ2v) is 5.07. The van der Waals surface area contributed by atoms with Gasteiger partial charge in [0.1, 0.15) is 5.15 Å². The average Bonchev–Trinajstić information content (AvgIpc) is 2.53. The fraction of sp³-hybridized carbons (Fsp3) is 0.0625. The number of aromatic nitrogens is 2. The molecule has 2 heterocycles. The number of pyridine rings is 2. The minimum Gasteiger partial charge on any atom is -0.451 e. The van der Waals surface area contributed by atoms with E-state index in [1.807, 2.05) is 6.07 Å². The van der Waals surface area contributed by atoms with E-state index in [0.29, 0.717) is 16.4 Å². The summed E-state index contributed by atoms with van der Waals surface area (Å²) < 4.78 is 6.11. The highest BCUT2D eigenvalue weighted by molar-refractivity contribution is 6.30. The van der Waals surface area contributed by atoms with Crippen molar-refractivity contribution in [1.82, 2.24) is 4.98 Å². The van der Waals surface area contributed by atoms with Crippen LogP contribution in [0, 0.1) is 0 Å². The molecular weight excluding hydrogens is 304 g/mol. The van der Waals surface area contributed by atoms with Gasteiger partial charge >= 0.3 is 5.97 Å². The van der Waals surface area contributed by atoms with Gasteiger partial charge in [-0.05, 0) is 18.2 Å². The molecule has 5 nitrogen and oxygen atoms in total. The van der Waals surface area contributed by atoms with Crippen molar-refractivity contribution in [3.8, 4) is 0 Å². The number of carbonyl (C=O) groups excluding carboxylic acids is 1. The molecule has 0 spiro atoms. The maximum Gasteiger partial charge on any atom is 0.338 e. The lowest BCUT2D eigenvalue weighted by molar-refractivity contribution is -0.909. The number of hydrogen-bond donors (Lipinski definition) is 1.